The zero-order chi connectivity index (χ0) is 39.9. The molecule has 300 valence electrons. The van der Waals surface area contributed by atoms with Gasteiger partial charge < -0.3 is 34.2 Å². The molecule has 0 radical (unpaired) electrons. The third-order valence-electron chi connectivity index (χ3n) is 12.0. The Bertz CT molecular complexity index is 2120. The van der Waals surface area contributed by atoms with Gasteiger partial charge in [0.1, 0.15) is 37.1 Å². The summed E-state index contributed by atoms with van der Waals surface area (Å²) in [7, 11) is 3.33. The van der Waals surface area contributed by atoms with Crippen molar-refractivity contribution in [2.24, 2.45) is 22.9 Å². The topological polar surface area (TPSA) is 110 Å². The summed E-state index contributed by atoms with van der Waals surface area (Å²) in [6.07, 6.45) is 8.91. The molecule has 3 aliphatic rings. The third-order valence-corrected chi connectivity index (χ3v) is 12.0. The molecular formula is C47H53FN2O7. The first kappa shape index (κ1) is 40.2. The van der Waals surface area contributed by atoms with E-state index in [0.29, 0.717) is 47.6 Å². The van der Waals surface area contributed by atoms with Crippen LogP contribution in [0.1, 0.15) is 72.3 Å². The van der Waals surface area contributed by atoms with E-state index in [1.807, 2.05) is 60.7 Å². The molecular weight excluding hydrogens is 724 g/mol. The highest BCUT2D eigenvalue weighted by Gasteiger charge is 2.65. The van der Waals surface area contributed by atoms with E-state index in [4.69, 9.17) is 19.0 Å². The highest BCUT2D eigenvalue weighted by Crippen LogP contribution is 2.62. The predicted octanol–water partition coefficient (Wildman–Crippen LogP) is 8.59. The van der Waals surface area contributed by atoms with Crippen LogP contribution in [0.15, 0.2) is 114 Å². The number of allylic oxidation sites excluding steroid dienone is 1. The molecule has 1 fully saturated rings. The fourth-order valence-corrected chi connectivity index (χ4v) is 9.37. The Labute approximate surface area is 334 Å². The van der Waals surface area contributed by atoms with Gasteiger partial charge in [0.25, 0.3) is 5.91 Å². The zero-order valence-electron chi connectivity index (χ0n) is 32.8. The van der Waals surface area contributed by atoms with E-state index in [0.717, 1.165) is 47.6 Å². The number of benzene rings is 4. The lowest BCUT2D eigenvalue weighted by Gasteiger charge is -2.59. The van der Waals surface area contributed by atoms with Gasteiger partial charge in [-0.1, -0.05) is 78.7 Å². The molecule has 2 N–H and O–H groups in total. The molecule has 0 aromatic heterocycles. The van der Waals surface area contributed by atoms with Crippen LogP contribution in [-0.4, -0.2) is 72.5 Å². The Kier molecular flexibility index (Phi) is 12.7. The van der Waals surface area contributed by atoms with Gasteiger partial charge in [-0.05, 0) is 90.3 Å². The summed E-state index contributed by atoms with van der Waals surface area (Å²) in [5.41, 5.74) is 3.58. The SMILES string of the molecule is C=CCOC12Oc3ccc(OCc4ccccc4F)cc3C3C(CCCCO)C(CCCCO)C=C(C(=NOC)CC1N(C)C(=O)c1ccc4ccccc4c1)C32. The van der Waals surface area contributed by atoms with Gasteiger partial charge >= 0.3 is 0 Å². The largest absolute Gasteiger partial charge is 0.489 e. The summed E-state index contributed by atoms with van der Waals surface area (Å²) in [6.45, 7) is 4.41. The Morgan fingerprint density at radius 1 is 0.982 bits per heavy atom. The summed E-state index contributed by atoms with van der Waals surface area (Å²) in [4.78, 5) is 21.9. The lowest BCUT2D eigenvalue weighted by Crippen LogP contribution is -2.69. The summed E-state index contributed by atoms with van der Waals surface area (Å²) in [5.74, 6) is -1.20. The molecule has 1 heterocycles. The fraction of sp³-hybridized carbons (Fsp3) is 0.404. The average molecular weight is 777 g/mol. The minimum atomic E-state index is -1.37. The maximum Gasteiger partial charge on any atom is 0.254 e. The molecule has 2 aliphatic carbocycles. The van der Waals surface area contributed by atoms with E-state index in [1.54, 1.807) is 36.2 Å². The first-order valence-corrected chi connectivity index (χ1v) is 20.1. The number of hydrogen-bond donors (Lipinski definition) is 2. The van der Waals surface area contributed by atoms with Crippen molar-refractivity contribution in [3.8, 4) is 11.5 Å². The fourth-order valence-electron chi connectivity index (χ4n) is 9.37. The predicted molar refractivity (Wildman–Crippen MR) is 219 cm³/mol. The Hall–Kier alpha value is -5.03. The van der Waals surface area contributed by atoms with Crippen molar-refractivity contribution < 1.29 is 38.4 Å². The van der Waals surface area contributed by atoms with Gasteiger partial charge in [0, 0.05) is 49.3 Å². The normalized spacial score (nSPS) is 24.2. The standard InChI is InChI=1S/C47H53FN2O7/c1-4-25-56-47-43(50(2)46(53)34-20-19-31-13-5-6-14-32(31)26-34)29-41(49-54-3)38-27-33(15-9-11-23-51)37(17-10-12-24-52)44(45(38)47)39-28-36(21-22-42(39)57-47)55-30-35-16-7-8-18-40(35)48/h4-8,13-14,16,18-22,26-28,33,37,43-45,51-52H,1,9-12,15,17,23-25,29-30H2,2-3H3. The van der Waals surface area contributed by atoms with Crippen LogP contribution in [0.2, 0.25) is 0 Å². The van der Waals surface area contributed by atoms with Gasteiger partial charge in [-0.2, -0.15) is 0 Å². The van der Waals surface area contributed by atoms with Crippen LogP contribution in [0.4, 0.5) is 4.39 Å². The number of unbranched alkanes of at least 4 members (excludes halogenated alkanes) is 2. The Balaban J connectivity index is 1.39. The van der Waals surface area contributed by atoms with Gasteiger partial charge in [-0.25, -0.2) is 4.39 Å². The molecule has 10 heteroatoms. The number of rotatable bonds is 17. The van der Waals surface area contributed by atoms with Gasteiger partial charge in [-0.3, -0.25) is 4.79 Å². The van der Waals surface area contributed by atoms with E-state index in [2.05, 4.69) is 17.8 Å². The lowest BCUT2D eigenvalue weighted by molar-refractivity contribution is -0.252. The number of carbonyl (C=O) groups is 1. The monoisotopic (exact) mass is 776 g/mol. The number of amides is 1. The average Bonchev–Trinajstić information content (AvgIpc) is 3.23. The van der Waals surface area contributed by atoms with Crippen LogP contribution in [0.3, 0.4) is 0 Å². The second-order valence-electron chi connectivity index (χ2n) is 15.3. The van der Waals surface area contributed by atoms with Crippen molar-refractivity contribution in [1.82, 2.24) is 4.90 Å². The van der Waals surface area contributed by atoms with Crippen molar-refractivity contribution in [1.29, 1.82) is 0 Å². The third kappa shape index (κ3) is 8.08. The van der Waals surface area contributed by atoms with Crippen LogP contribution >= 0.6 is 0 Å². The molecule has 1 saturated carbocycles. The first-order valence-electron chi connectivity index (χ1n) is 20.1. The molecule has 9 nitrogen and oxygen atoms in total. The highest BCUT2D eigenvalue weighted by atomic mass is 19.1. The number of carbonyl (C=O) groups excluding carboxylic acids is 1. The molecule has 0 spiro atoms. The number of nitrogens with zero attached hydrogens (tertiary/aromatic N) is 2. The number of aliphatic hydroxyl groups is 2. The zero-order valence-corrected chi connectivity index (χ0v) is 32.8. The summed E-state index contributed by atoms with van der Waals surface area (Å²) < 4.78 is 35.1. The number of oxime groups is 1. The number of halogens is 1. The van der Waals surface area contributed by atoms with Crippen LogP contribution in [0, 0.1) is 23.6 Å². The maximum atomic E-state index is 14.7. The number of ether oxygens (including phenoxy) is 3. The molecule has 1 amide bonds. The highest BCUT2D eigenvalue weighted by molar-refractivity contribution is 6.04. The maximum absolute atomic E-state index is 14.7. The summed E-state index contributed by atoms with van der Waals surface area (Å²) in [5, 5.41) is 26.3. The Morgan fingerprint density at radius 3 is 2.49 bits per heavy atom. The molecule has 6 unspecified atom stereocenters. The molecule has 57 heavy (non-hydrogen) atoms. The molecule has 0 saturated heterocycles. The van der Waals surface area contributed by atoms with Crippen molar-refractivity contribution in [2.45, 2.75) is 69.3 Å². The first-order chi connectivity index (χ1) is 27.8. The number of fused-ring (bicyclic) bond motifs is 3. The number of likely N-dealkylation sites (N-methyl/N-ethyl adjacent to an activating group) is 1. The minimum Gasteiger partial charge on any atom is -0.489 e. The Morgan fingerprint density at radius 2 is 1.74 bits per heavy atom. The summed E-state index contributed by atoms with van der Waals surface area (Å²) >= 11 is 0. The molecule has 0 bridgehead atoms. The van der Waals surface area contributed by atoms with Gasteiger partial charge in [0.15, 0.2) is 0 Å². The van der Waals surface area contributed by atoms with Crippen LogP contribution in [0.25, 0.3) is 10.8 Å². The van der Waals surface area contributed by atoms with Crippen LogP contribution in [0.5, 0.6) is 11.5 Å². The number of hydrogen-bond acceptors (Lipinski definition) is 8. The van der Waals surface area contributed by atoms with E-state index < -0.39 is 17.7 Å². The molecule has 4 aromatic carbocycles. The second kappa shape index (κ2) is 18.1. The van der Waals surface area contributed by atoms with Crippen LogP contribution in [-0.2, 0) is 16.2 Å². The van der Waals surface area contributed by atoms with Crippen molar-refractivity contribution in [3.63, 3.8) is 0 Å². The molecule has 6 atom stereocenters. The summed E-state index contributed by atoms with van der Waals surface area (Å²) in [6, 6.07) is 25.4. The van der Waals surface area contributed by atoms with Crippen molar-refractivity contribution in [2.75, 3.05) is 34.0 Å². The van der Waals surface area contributed by atoms with E-state index in [1.165, 1.54) is 13.2 Å². The van der Waals surface area contributed by atoms with E-state index in [-0.39, 0.29) is 55.9 Å². The van der Waals surface area contributed by atoms with E-state index in [9.17, 15) is 19.4 Å². The van der Waals surface area contributed by atoms with Crippen LogP contribution < -0.4 is 9.47 Å². The number of aliphatic hydroxyl groups excluding tert-OH is 2. The van der Waals surface area contributed by atoms with Crippen molar-refractivity contribution >= 4 is 22.4 Å². The smallest absolute Gasteiger partial charge is 0.254 e. The quantitative estimate of drug-likeness (QED) is 0.0628. The second-order valence-corrected chi connectivity index (χ2v) is 15.3. The van der Waals surface area contributed by atoms with Gasteiger partial charge in [0.05, 0.1) is 18.2 Å². The molecule has 1 aliphatic heterocycles. The molecule has 4 aromatic rings. The van der Waals surface area contributed by atoms with Gasteiger partial charge in [-0.15, -0.1) is 6.58 Å². The minimum absolute atomic E-state index is 0.0516. The van der Waals surface area contributed by atoms with Gasteiger partial charge in [0.2, 0.25) is 5.79 Å². The van der Waals surface area contributed by atoms with Crippen molar-refractivity contribution in [3.05, 3.63) is 132 Å². The molecule has 7 rings (SSSR count). The van der Waals surface area contributed by atoms with E-state index >= 15 is 0 Å². The lowest BCUT2D eigenvalue weighted by atomic mass is 9.55.